The van der Waals surface area contributed by atoms with E-state index in [9.17, 15) is 4.79 Å². The fourth-order valence-electron chi connectivity index (χ4n) is 1.55. The highest BCUT2D eigenvalue weighted by Crippen LogP contribution is 2.15. The van der Waals surface area contributed by atoms with Crippen molar-refractivity contribution < 1.29 is 9.53 Å². The molecule has 2 heterocycles. The molecule has 0 aromatic carbocycles. The number of aryl methyl sites for hydroxylation is 1. The van der Waals surface area contributed by atoms with Crippen LogP contribution in [0.1, 0.15) is 22.7 Å². The summed E-state index contributed by atoms with van der Waals surface area (Å²) in [6, 6.07) is 3.95. The fraction of sp³-hybridized carbons (Fsp3) is 0.308. The molecule has 0 N–H and O–H groups in total. The molecule has 0 saturated heterocycles. The van der Waals surface area contributed by atoms with Gasteiger partial charge in [0.25, 0.3) is 0 Å². The zero-order valence-corrected chi connectivity index (χ0v) is 10.9. The Morgan fingerprint density at radius 1 is 1.50 bits per heavy atom. The van der Waals surface area contributed by atoms with Crippen LogP contribution >= 0.6 is 11.3 Å². The van der Waals surface area contributed by atoms with Gasteiger partial charge in [-0.25, -0.2) is 4.98 Å². The van der Waals surface area contributed by atoms with E-state index in [-0.39, 0.29) is 5.97 Å². The summed E-state index contributed by atoms with van der Waals surface area (Å²) in [5.41, 5.74) is 2.09. The molecule has 0 radical (unpaired) electrons. The number of hydrogen-bond donors (Lipinski definition) is 0. The quantitative estimate of drug-likeness (QED) is 0.775. The van der Waals surface area contributed by atoms with Crippen LogP contribution in [0.15, 0.2) is 29.9 Å². The molecule has 2 aromatic heterocycles. The summed E-state index contributed by atoms with van der Waals surface area (Å²) >= 11 is 1.61. The first kappa shape index (κ1) is 12.7. The number of carbonyl (C=O) groups excluding carboxylic acids is 1. The van der Waals surface area contributed by atoms with Gasteiger partial charge in [0.2, 0.25) is 0 Å². The lowest BCUT2D eigenvalue weighted by Gasteiger charge is -1.97. The highest BCUT2D eigenvalue weighted by molar-refractivity contribution is 7.09. The van der Waals surface area contributed by atoms with Gasteiger partial charge in [-0.15, -0.1) is 11.3 Å². The normalized spacial score (nSPS) is 10.3. The molecule has 0 fully saturated rings. The van der Waals surface area contributed by atoms with Crippen molar-refractivity contribution in [2.45, 2.75) is 19.3 Å². The Kier molecular flexibility index (Phi) is 4.41. The minimum Gasteiger partial charge on any atom is -0.469 e. The van der Waals surface area contributed by atoms with Crippen LogP contribution in [0.4, 0.5) is 0 Å². The van der Waals surface area contributed by atoms with Gasteiger partial charge in [-0.1, -0.05) is 6.07 Å². The topological polar surface area (TPSA) is 52.1 Å². The highest BCUT2D eigenvalue weighted by Gasteiger charge is 2.06. The number of thiazole rings is 1. The Hall–Kier alpha value is -1.75. The molecule has 0 aliphatic heterocycles. The molecule has 0 aliphatic carbocycles. The van der Waals surface area contributed by atoms with E-state index in [1.54, 1.807) is 17.5 Å². The number of esters is 1. The van der Waals surface area contributed by atoms with E-state index in [0.29, 0.717) is 12.8 Å². The van der Waals surface area contributed by atoms with Crippen molar-refractivity contribution in [3.8, 4) is 0 Å². The van der Waals surface area contributed by atoms with Crippen molar-refractivity contribution in [3.05, 3.63) is 46.2 Å². The van der Waals surface area contributed by atoms with E-state index in [0.717, 1.165) is 22.7 Å². The van der Waals surface area contributed by atoms with Crippen LogP contribution in [0.2, 0.25) is 0 Å². The smallest absolute Gasteiger partial charge is 0.305 e. The molecule has 0 unspecified atom stereocenters. The number of aromatic nitrogens is 2. The van der Waals surface area contributed by atoms with Gasteiger partial charge in [-0.3, -0.25) is 9.78 Å². The van der Waals surface area contributed by atoms with E-state index in [4.69, 9.17) is 0 Å². The van der Waals surface area contributed by atoms with Crippen LogP contribution in [0.3, 0.4) is 0 Å². The van der Waals surface area contributed by atoms with Gasteiger partial charge in [0.15, 0.2) is 0 Å². The van der Waals surface area contributed by atoms with Gasteiger partial charge in [0.1, 0.15) is 0 Å². The predicted octanol–water partition coefficient (Wildman–Crippen LogP) is 2.23. The van der Waals surface area contributed by atoms with Crippen LogP contribution in [0, 0.1) is 0 Å². The molecule has 4 nitrogen and oxygen atoms in total. The number of methoxy groups -OCH3 is 1. The van der Waals surface area contributed by atoms with Gasteiger partial charge in [-0.05, 0) is 11.6 Å². The number of carbonyl (C=O) groups is 1. The first-order valence-electron chi connectivity index (χ1n) is 5.67. The molecule has 2 aromatic rings. The Morgan fingerprint density at radius 3 is 3.11 bits per heavy atom. The lowest BCUT2D eigenvalue weighted by molar-refractivity contribution is -0.140. The van der Waals surface area contributed by atoms with Crippen LogP contribution < -0.4 is 0 Å². The van der Waals surface area contributed by atoms with Crippen LogP contribution in [-0.2, 0) is 22.4 Å². The molecule has 5 heteroatoms. The van der Waals surface area contributed by atoms with E-state index in [2.05, 4.69) is 14.7 Å². The Bertz CT molecular complexity index is 511. The maximum Gasteiger partial charge on any atom is 0.305 e. The zero-order valence-electron chi connectivity index (χ0n) is 10.1. The van der Waals surface area contributed by atoms with Crippen molar-refractivity contribution >= 4 is 17.3 Å². The first-order chi connectivity index (χ1) is 8.78. The number of nitrogens with zero attached hydrogens (tertiary/aromatic N) is 2. The summed E-state index contributed by atoms with van der Waals surface area (Å²) < 4.78 is 4.60. The fourth-order valence-corrected chi connectivity index (χ4v) is 2.42. The Morgan fingerprint density at radius 2 is 2.39 bits per heavy atom. The van der Waals surface area contributed by atoms with E-state index in [1.165, 1.54) is 7.11 Å². The van der Waals surface area contributed by atoms with Crippen molar-refractivity contribution in [2.75, 3.05) is 7.11 Å². The summed E-state index contributed by atoms with van der Waals surface area (Å²) in [7, 11) is 1.40. The second-order valence-corrected chi connectivity index (χ2v) is 4.79. The van der Waals surface area contributed by atoms with Gasteiger partial charge >= 0.3 is 5.97 Å². The Balaban J connectivity index is 1.92. The van der Waals surface area contributed by atoms with Crippen molar-refractivity contribution in [1.29, 1.82) is 0 Å². The molecule has 2 rings (SSSR count). The minimum atomic E-state index is -0.197. The summed E-state index contributed by atoms with van der Waals surface area (Å²) in [5, 5.41) is 3.04. The third-order valence-electron chi connectivity index (χ3n) is 2.49. The summed E-state index contributed by atoms with van der Waals surface area (Å²) in [5.74, 6) is -0.197. The average Bonchev–Trinajstić information content (AvgIpc) is 2.85. The largest absolute Gasteiger partial charge is 0.469 e. The molecule has 18 heavy (non-hydrogen) atoms. The third-order valence-corrected chi connectivity index (χ3v) is 3.39. The van der Waals surface area contributed by atoms with Crippen LogP contribution in [0.25, 0.3) is 0 Å². The SMILES string of the molecule is COC(=O)CCc1csc(Cc2cccnc2)n1. The zero-order chi connectivity index (χ0) is 12.8. The first-order valence-corrected chi connectivity index (χ1v) is 6.55. The maximum atomic E-state index is 11.0. The standard InChI is InChI=1S/C13H14N2O2S/c1-17-13(16)5-4-11-9-18-12(15-11)7-10-3-2-6-14-8-10/h2-3,6,8-9H,4-5,7H2,1H3. The number of rotatable bonds is 5. The summed E-state index contributed by atoms with van der Waals surface area (Å²) in [4.78, 5) is 19.6. The number of hydrogen-bond acceptors (Lipinski definition) is 5. The van der Waals surface area contributed by atoms with Crippen LogP contribution in [0.5, 0.6) is 0 Å². The predicted molar refractivity (Wildman–Crippen MR) is 69.5 cm³/mol. The maximum absolute atomic E-state index is 11.0. The second kappa shape index (κ2) is 6.26. The lowest BCUT2D eigenvalue weighted by Crippen LogP contribution is -2.02. The van der Waals surface area contributed by atoms with E-state index < -0.39 is 0 Å². The second-order valence-electron chi connectivity index (χ2n) is 3.85. The van der Waals surface area contributed by atoms with E-state index >= 15 is 0 Å². The van der Waals surface area contributed by atoms with Gasteiger partial charge in [0, 0.05) is 30.6 Å². The molecular formula is C13H14N2O2S. The van der Waals surface area contributed by atoms with Crippen molar-refractivity contribution in [1.82, 2.24) is 9.97 Å². The summed E-state index contributed by atoms with van der Waals surface area (Å²) in [6.45, 7) is 0. The van der Waals surface area contributed by atoms with E-state index in [1.807, 2.05) is 23.7 Å². The molecule has 0 saturated carbocycles. The van der Waals surface area contributed by atoms with Crippen LogP contribution in [-0.4, -0.2) is 23.0 Å². The lowest BCUT2D eigenvalue weighted by atomic mass is 10.2. The Labute approximate surface area is 110 Å². The van der Waals surface area contributed by atoms with Crippen molar-refractivity contribution in [3.63, 3.8) is 0 Å². The van der Waals surface area contributed by atoms with Gasteiger partial charge in [-0.2, -0.15) is 0 Å². The molecule has 0 spiro atoms. The van der Waals surface area contributed by atoms with Gasteiger partial charge in [0.05, 0.1) is 24.2 Å². The number of pyridine rings is 1. The molecule has 0 bridgehead atoms. The minimum absolute atomic E-state index is 0.197. The number of ether oxygens (including phenoxy) is 1. The molecular weight excluding hydrogens is 248 g/mol. The average molecular weight is 262 g/mol. The third kappa shape index (κ3) is 3.63. The molecule has 94 valence electrons. The molecule has 0 atom stereocenters. The molecule has 0 amide bonds. The molecule has 0 aliphatic rings. The monoisotopic (exact) mass is 262 g/mol. The summed E-state index contributed by atoms with van der Waals surface area (Å²) in [6.07, 6.45) is 5.40. The highest BCUT2D eigenvalue weighted by atomic mass is 32.1. The van der Waals surface area contributed by atoms with Gasteiger partial charge < -0.3 is 4.74 Å². The van der Waals surface area contributed by atoms with Crippen molar-refractivity contribution in [2.24, 2.45) is 0 Å².